The lowest BCUT2D eigenvalue weighted by atomic mass is 9.63. The van der Waals surface area contributed by atoms with Crippen LogP contribution in [0.15, 0.2) is 15.7 Å². The number of hydrogen-bond acceptors (Lipinski definition) is 10. The van der Waals surface area contributed by atoms with Gasteiger partial charge in [-0.25, -0.2) is 14.6 Å². The van der Waals surface area contributed by atoms with E-state index in [1.165, 1.54) is 16.2 Å². The van der Waals surface area contributed by atoms with Gasteiger partial charge in [-0.1, -0.05) is 5.16 Å². The van der Waals surface area contributed by atoms with E-state index in [2.05, 4.69) is 28.3 Å². The highest BCUT2D eigenvalue weighted by atomic mass is 32.2. The Morgan fingerprint density at radius 2 is 2.11 bits per heavy atom. The minimum Gasteiger partial charge on any atom is -0.389 e. The van der Waals surface area contributed by atoms with Crippen LogP contribution in [0.3, 0.4) is 0 Å². The standard InChI is InChI=1S/C26H28N8O2S2/c1-33-10-7-14(13-33)34-24-17(12-29-34)25(38(2)35)31-23(30-24)20-15-5-3-8-26(21(15)36-32-20)9-4-6-18-19(26)16(11-27)22(28)37-18/h12,14H,3-10,13,28H2,1-2H3/t14-,26-,38?/m0/s1. The summed E-state index contributed by atoms with van der Waals surface area (Å²) >= 11 is 1.53. The number of rotatable bonds is 3. The Kier molecular flexibility index (Phi) is 5.48. The Morgan fingerprint density at radius 3 is 2.84 bits per heavy atom. The van der Waals surface area contributed by atoms with E-state index in [0.29, 0.717) is 38.1 Å². The molecule has 2 aliphatic carbocycles. The first-order valence-electron chi connectivity index (χ1n) is 13.0. The topological polar surface area (TPSA) is 140 Å². The van der Waals surface area contributed by atoms with Gasteiger partial charge in [-0.3, -0.25) is 4.21 Å². The lowest BCUT2D eigenvalue weighted by Crippen LogP contribution is -2.35. The highest BCUT2D eigenvalue weighted by Crippen LogP contribution is 2.55. The maximum atomic E-state index is 12.8. The third-order valence-electron chi connectivity index (χ3n) is 8.47. The fraction of sp³-hybridized carbons (Fsp3) is 0.500. The first kappa shape index (κ1) is 23.9. The van der Waals surface area contributed by atoms with Crippen molar-refractivity contribution < 1.29 is 8.73 Å². The molecule has 0 amide bonds. The molecule has 3 aliphatic rings. The summed E-state index contributed by atoms with van der Waals surface area (Å²) < 4.78 is 20.9. The van der Waals surface area contributed by atoms with Crippen molar-refractivity contribution in [3.05, 3.63) is 33.5 Å². The molecule has 1 aliphatic heterocycles. The van der Waals surface area contributed by atoms with Gasteiger partial charge >= 0.3 is 0 Å². The zero-order valence-electron chi connectivity index (χ0n) is 21.4. The number of hydrogen-bond donors (Lipinski definition) is 1. The highest BCUT2D eigenvalue weighted by molar-refractivity contribution is 7.84. The molecule has 196 valence electrons. The Morgan fingerprint density at radius 1 is 1.29 bits per heavy atom. The molecule has 5 heterocycles. The van der Waals surface area contributed by atoms with Gasteiger partial charge in [-0.2, -0.15) is 10.4 Å². The summed E-state index contributed by atoms with van der Waals surface area (Å²) in [5, 5.41) is 20.9. The summed E-state index contributed by atoms with van der Waals surface area (Å²) in [6, 6.07) is 2.57. The zero-order chi connectivity index (χ0) is 26.2. The van der Waals surface area contributed by atoms with Crippen molar-refractivity contribution in [2.24, 2.45) is 0 Å². The first-order valence-corrected chi connectivity index (χ1v) is 15.4. The Bertz CT molecular complexity index is 1660. The number of nitrogen functional groups attached to an aromatic ring is 1. The number of likely N-dealkylation sites (N-methyl/N-ethyl adjacent to an activating group) is 1. The van der Waals surface area contributed by atoms with Gasteiger partial charge in [0.15, 0.2) is 22.9 Å². The summed E-state index contributed by atoms with van der Waals surface area (Å²) in [5.74, 6) is 1.22. The van der Waals surface area contributed by atoms with Crippen LogP contribution < -0.4 is 5.73 Å². The number of nitrogens with two attached hydrogens (primary N) is 1. The average Bonchev–Trinajstić information content (AvgIpc) is 3.68. The lowest BCUT2D eigenvalue weighted by molar-refractivity contribution is 0.265. The highest BCUT2D eigenvalue weighted by Gasteiger charge is 2.48. The van der Waals surface area contributed by atoms with E-state index in [-0.39, 0.29) is 6.04 Å². The van der Waals surface area contributed by atoms with E-state index in [0.717, 1.165) is 74.9 Å². The smallest absolute Gasteiger partial charge is 0.185 e. The molecule has 0 radical (unpaired) electrons. The molecule has 0 saturated carbocycles. The molecule has 1 spiro atoms. The molecule has 7 rings (SSSR count). The minimum absolute atomic E-state index is 0.196. The number of nitrogens with zero attached hydrogens (tertiary/aromatic N) is 7. The van der Waals surface area contributed by atoms with Crippen molar-refractivity contribution in [3.8, 4) is 17.6 Å². The van der Waals surface area contributed by atoms with Crippen LogP contribution in [-0.2, 0) is 29.1 Å². The van der Waals surface area contributed by atoms with Crippen LogP contribution in [-0.4, -0.2) is 60.4 Å². The van der Waals surface area contributed by atoms with Crippen LogP contribution in [0, 0.1) is 11.3 Å². The second-order valence-corrected chi connectivity index (χ2v) is 13.1. The molecule has 38 heavy (non-hydrogen) atoms. The number of anilines is 1. The first-order chi connectivity index (χ1) is 18.4. The monoisotopic (exact) mass is 548 g/mol. The number of nitriles is 1. The summed E-state index contributed by atoms with van der Waals surface area (Å²) in [6.07, 6.45) is 9.76. The van der Waals surface area contributed by atoms with Gasteiger partial charge in [-0.15, -0.1) is 11.3 Å². The van der Waals surface area contributed by atoms with Gasteiger partial charge in [0.2, 0.25) is 0 Å². The molecule has 4 aromatic heterocycles. The van der Waals surface area contributed by atoms with Gasteiger partial charge in [0.05, 0.1) is 39.4 Å². The quantitative estimate of drug-likeness (QED) is 0.381. The van der Waals surface area contributed by atoms with Crippen LogP contribution in [0.2, 0.25) is 0 Å². The van der Waals surface area contributed by atoms with Gasteiger partial charge in [0, 0.05) is 29.8 Å². The average molecular weight is 549 g/mol. The summed E-state index contributed by atoms with van der Waals surface area (Å²) in [5.41, 5.74) is 9.75. The largest absolute Gasteiger partial charge is 0.389 e. The third kappa shape index (κ3) is 3.34. The summed E-state index contributed by atoms with van der Waals surface area (Å²) in [4.78, 5) is 13.2. The van der Waals surface area contributed by atoms with E-state index in [1.54, 1.807) is 12.5 Å². The van der Waals surface area contributed by atoms with E-state index in [1.807, 2.05) is 4.68 Å². The molecule has 0 aromatic carbocycles. The van der Waals surface area contributed by atoms with Crippen LogP contribution in [0.5, 0.6) is 0 Å². The molecule has 1 saturated heterocycles. The normalized spacial score (nSPS) is 24.0. The fourth-order valence-corrected chi connectivity index (χ4v) is 8.65. The Balaban J connectivity index is 1.41. The van der Waals surface area contributed by atoms with Crippen molar-refractivity contribution in [3.63, 3.8) is 0 Å². The number of fused-ring (bicyclic) bond motifs is 5. The van der Waals surface area contributed by atoms with E-state index < -0.39 is 16.2 Å². The molecule has 10 nitrogen and oxygen atoms in total. The Hall–Kier alpha value is -3.14. The van der Waals surface area contributed by atoms with Gasteiger partial charge in [0.1, 0.15) is 16.1 Å². The number of aromatic nitrogens is 5. The second kappa shape index (κ2) is 8.69. The maximum absolute atomic E-state index is 12.8. The second-order valence-electron chi connectivity index (χ2n) is 10.7. The van der Waals surface area contributed by atoms with Crippen molar-refractivity contribution in [2.45, 2.75) is 61.4 Å². The van der Waals surface area contributed by atoms with Crippen LogP contribution in [0.4, 0.5) is 5.00 Å². The van der Waals surface area contributed by atoms with Crippen molar-refractivity contribution in [2.75, 3.05) is 32.1 Å². The molecule has 0 bridgehead atoms. The predicted octanol–water partition coefficient (Wildman–Crippen LogP) is 3.57. The molecule has 1 unspecified atom stereocenters. The van der Waals surface area contributed by atoms with Crippen molar-refractivity contribution in [1.29, 1.82) is 5.26 Å². The lowest BCUT2D eigenvalue weighted by Gasteiger charge is -2.39. The summed E-state index contributed by atoms with van der Waals surface area (Å²) in [6.45, 7) is 1.88. The van der Waals surface area contributed by atoms with E-state index in [4.69, 9.17) is 20.2 Å². The SMILES string of the molecule is CN1CC[C@H](n2ncc3c(S(C)=O)nc(-c4noc5c4CCC[C@@]54CCCc5sc(N)c(C#N)c54)nc32)C1. The molecule has 2 N–H and O–H groups in total. The molecular weight excluding hydrogens is 520 g/mol. The van der Waals surface area contributed by atoms with E-state index in [9.17, 15) is 9.47 Å². The molecule has 4 aromatic rings. The van der Waals surface area contributed by atoms with Crippen molar-refractivity contribution >= 4 is 38.2 Å². The number of likely N-dealkylation sites (tertiary alicyclic amines) is 1. The third-order valence-corrected chi connectivity index (χ3v) is 10.4. The molecular formula is C26H28N8O2S2. The van der Waals surface area contributed by atoms with Gasteiger partial charge < -0.3 is 15.2 Å². The van der Waals surface area contributed by atoms with Crippen LogP contribution in [0.25, 0.3) is 22.6 Å². The number of aryl methyl sites for hydroxylation is 1. The van der Waals surface area contributed by atoms with Gasteiger partial charge in [0.25, 0.3) is 0 Å². The summed E-state index contributed by atoms with van der Waals surface area (Å²) in [7, 11) is 0.767. The van der Waals surface area contributed by atoms with Gasteiger partial charge in [-0.05, 0) is 57.6 Å². The minimum atomic E-state index is -1.34. The van der Waals surface area contributed by atoms with Crippen LogP contribution >= 0.6 is 11.3 Å². The molecule has 12 heteroatoms. The van der Waals surface area contributed by atoms with Crippen LogP contribution in [0.1, 0.15) is 65.5 Å². The zero-order valence-corrected chi connectivity index (χ0v) is 23.0. The Labute approximate surface area is 226 Å². The number of thiophene rings is 1. The predicted molar refractivity (Wildman–Crippen MR) is 144 cm³/mol. The van der Waals surface area contributed by atoms with Crippen molar-refractivity contribution in [1.82, 2.24) is 29.8 Å². The fourth-order valence-electron chi connectivity index (χ4n) is 6.82. The maximum Gasteiger partial charge on any atom is 0.185 e. The van der Waals surface area contributed by atoms with E-state index >= 15 is 0 Å². The molecule has 3 atom stereocenters. The molecule has 1 fully saturated rings.